The molecule has 0 unspecified atom stereocenters. The van der Waals surface area contributed by atoms with Gasteiger partial charge in [-0.25, -0.2) is 9.78 Å². The third-order valence-electron chi connectivity index (χ3n) is 5.91. The number of hydrogen-bond acceptors (Lipinski definition) is 7. The Kier molecular flexibility index (Phi) is 6.76. The van der Waals surface area contributed by atoms with Crippen molar-refractivity contribution in [2.75, 3.05) is 32.8 Å². The highest BCUT2D eigenvalue weighted by Gasteiger charge is 2.51. The lowest BCUT2D eigenvalue weighted by atomic mass is 9.80. The summed E-state index contributed by atoms with van der Waals surface area (Å²) in [6.07, 6.45) is 1.29. The first-order valence-corrected chi connectivity index (χ1v) is 11.0. The van der Waals surface area contributed by atoms with Gasteiger partial charge in [0.05, 0.1) is 11.2 Å². The van der Waals surface area contributed by atoms with Crippen LogP contribution in [0.2, 0.25) is 0 Å². The molecular weight excluding hydrogens is 413 g/mol. The minimum absolute atomic E-state index is 0.116. The first-order chi connectivity index (χ1) is 14.8. The zero-order chi connectivity index (χ0) is 23.7. The molecule has 0 aromatic carbocycles. The van der Waals surface area contributed by atoms with Crippen molar-refractivity contribution in [3.8, 4) is 5.88 Å². The van der Waals surface area contributed by atoms with Crippen LogP contribution in [0.25, 0.3) is 0 Å². The Bertz CT molecular complexity index is 813. The maximum Gasteiger partial charge on any atom is 0.496 e. The fraction of sp³-hybridized carbons (Fsp3) is 0.682. The lowest BCUT2D eigenvalue weighted by Gasteiger charge is -2.35. The van der Waals surface area contributed by atoms with E-state index >= 15 is 0 Å². The maximum atomic E-state index is 12.5. The normalized spacial score (nSPS) is 20.3. The summed E-state index contributed by atoms with van der Waals surface area (Å²) >= 11 is 0. The van der Waals surface area contributed by atoms with Gasteiger partial charge in [0.2, 0.25) is 5.88 Å². The molecule has 2 aliphatic rings. The van der Waals surface area contributed by atoms with Gasteiger partial charge in [0.1, 0.15) is 5.60 Å². The molecule has 3 rings (SSSR count). The summed E-state index contributed by atoms with van der Waals surface area (Å²) < 4.78 is 23.0. The highest BCUT2D eigenvalue weighted by atomic mass is 16.7. The molecule has 0 radical (unpaired) electrons. The van der Waals surface area contributed by atoms with E-state index in [1.165, 1.54) is 0 Å². The van der Waals surface area contributed by atoms with E-state index in [1.807, 2.05) is 54.5 Å². The SMILES string of the molecule is CC(C)(C)OC(=O)N1CCN(C(=O)COc2ccc(B3OC(C)(C)C(C)(C)O3)cn2)CC1. The first kappa shape index (κ1) is 24.3. The second kappa shape index (κ2) is 8.90. The predicted molar refractivity (Wildman–Crippen MR) is 120 cm³/mol. The maximum absolute atomic E-state index is 12.5. The van der Waals surface area contributed by atoms with Gasteiger partial charge in [-0.05, 0) is 54.5 Å². The van der Waals surface area contributed by atoms with Crippen LogP contribution in [0.4, 0.5) is 4.79 Å². The van der Waals surface area contributed by atoms with E-state index < -0.39 is 23.9 Å². The van der Waals surface area contributed by atoms with Crippen LogP contribution >= 0.6 is 0 Å². The summed E-state index contributed by atoms with van der Waals surface area (Å²) in [5, 5.41) is 0. The quantitative estimate of drug-likeness (QED) is 0.651. The molecule has 0 atom stereocenters. The molecule has 2 aliphatic heterocycles. The number of amides is 2. The molecule has 1 aromatic heterocycles. The number of ether oxygens (including phenoxy) is 2. The largest absolute Gasteiger partial charge is 0.496 e. The van der Waals surface area contributed by atoms with Crippen molar-refractivity contribution in [3.05, 3.63) is 18.3 Å². The zero-order valence-corrected chi connectivity index (χ0v) is 20.1. The third kappa shape index (κ3) is 5.72. The number of piperazine rings is 1. The van der Waals surface area contributed by atoms with Gasteiger partial charge in [0.25, 0.3) is 5.91 Å². The first-order valence-electron chi connectivity index (χ1n) is 11.0. The molecule has 0 saturated carbocycles. The molecular formula is C22H34BN3O6. The molecule has 10 heteroatoms. The minimum atomic E-state index is -0.539. The van der Waals surface area contributed by atoms with Crippen LogP contribution in [0.5, 0.6) is 5.88 Å². The summed E-state index contributed by atoms with van der Waals surface area (Å²) in [4.78, 5) is 32.2. The van der Waals surface area contributed by atoms with E-state index in [1.54, 1.807) is 22.1 Å². The van der Waals surface area contributed by atoms with Crippen molar-refractivity contribution >= 4 is 24.6 Å². The second-order valence-electron chi connectivity index (χ2n) is 10.2. The highest BCUT2D eigenvalue weighted by Crippen LogP contribution is 2.36. The van der Waals surface area contributed by atoms with Crippen molar-refractivity contribution in [2.24, 2.45) is 0 Å². The van der Waals surface area contributed by atoms with E-state index in [-0.39, 0.29) is 18.6 Å². The Morgan fingerprint density at radius 3 is 2.09 bits per heavy atom. The van der Waals surface area contributed by atoms with Crippen LogP contribution in [0, 0.1) is 0 Å². The number of carbonyl (C=O) groups excluding carboxylic acids is 2. The standard InChI is InChI=1S/C22H34BN3O6/c1-20(2,3)30-19(28)26-12-10-25(11-13-26)18(27)15-29-17-9-8-16(14-24-17)23-31-21(4,5)22(6,7)32-23/h8-9,14H,10-13,15H2,1-7H3. The number of pyridine rings is 1. The van der Waals surface area contributed by atoms with Gasteiger partial charge in [-0.3, -0.25) is 4.79 Å². The Morgan fingerprint density at radius 2 is 1.59 bits per heavy atom. The second-order valence-corrected chi connectivity index (χ2v) is 10.2. The van der Waals surface area contributed by atoms with Crippen molar-refractivity contribution in [3.63, 3.8) is 0 Å². The zero-order valence-electron chi connectivity index (χ0n) is 20.1. The Labute approximate surface area is 190 Å². The molecule has 32 heavy (non-hydrogen) atoms. The monoisotopic (exact) mass is 447 g/mol. The molecule has 2 saturated heterocycles. The fourth-order valence-electron chi connectivity index (χ4n) is 3.29. The summed E-state index contributed by atoms with van der Waals surface area (Å²) in [6.45, 7) is 15.1. The lowest BCUT2D eigenvalue weighted by Crippen LogP contribution is -2.52. The molecule has 1 aromatic rings. The number of rotatable bonds is 4. The predicted octanol–water partition coefficient (Wildman–Crippen LogP) is 1.84. The van der Waals surface area contributed by atoms with E-state index in [2.05, 4.69) is 4.98 Å². The van der Waals surface area contributed by atoms with Gasteiger partial charge < -0.3 is 28.6 Å². The number of carbonyl (C=O) groups is 2. The van der Waals surface area contributed by atoms with Crippen LogP contribution in [0.15, 0.2) is 18.3 Å². The number of nitrogens with zero attached hydrogens (tertiary/aromatic N) is 3. The molecule has 2 fully saturated rings. The van der Waals surface area contributed by atoms with Gasteiger partial charge in [-0.1, -0.05) is 6.07 Å². The van der Waals surface area contributed by atoms with E-state index in [0.29, 0.717) is 32.1 Å². The van der Waals surface area contributed by atoms with Crippen LogP contribution in [0.3, 0.4) is 0 Å². The van der Waals surface area contributed by atoms with Crippen LogP contribution in [0.1, 0.15) is 48.5 Å². The van der Waals surface area contributed by atoms with E-state index in [4.69, 9.17) is 18.8 Å². The smallest absolute Gasteiger partial charge is 0.468 e. The average molecular weight is 447 g/mol. The average Bonchev–Trinajstić information content (AvgIpc) is 2.92. The van der Waals surface area contributed by atoms with Gasteiger partial charge in [0.15, 0.2) is 6.61 Å². The topological polar surface area (TPSA) is 90.4 Å². The van der Waals surface area contributed by atoms with Crippen LogP contribution in [-0.2, 0) is 18.8 Å². The van der Waals surface area contributed by atoms with Crippen molar-refractivity contribution in [1.82, 2.24) is 14.8 Å². The van der Waals surface area contributed by atoms with Crippen molar-refractivity contribution in [1.29, 1.82) is 0 Å². The summed E-state index contributed by atoms with van der Waals surface area (Å²) in [7, 11) is -0.496. The van der Waals surface area contributed by atoms with E-state index in [0.717, 1.165) is 5.46 Å². The minimum Gasteiger partial charge on any atom is -0.468 e. The summed E-state index contributed by atoms with van der Waals surface area (Å²) in [6, 6.07) is 3.53. The Morgan fingerprint density at radius 1 is 1.03 bits per heavy atom. The lowest BCUT2D eigenvalue weighted by molar-refractivity contribution is -0.135. The molecule has 3 heterocycles. The third-order valence-corrected chi connectivity index (χ3v) is 5.91. The summed E-state index contributed by atoms with van der Waals surface area (Å²) in [5.74, 6) is 0.205. The van der Waals surface area contributed by atoms with Gasteiger partial charge in [0, 0.05) is 37.8 Å². The molecule has 0 N–H and O–H groups in total. The molecule has 2 amide bonds. The van der Waals surface area contributed by atoms with Crippen molar-refractivity contribution < 1.29 is 28.4 Å². The molecule has 9 nitrogen and oxygen atoms in total. The highest BCUT2D eigenvalue weighted by molar-refractivity contribution is 6.62. The number of aromatic nitrogens is 1. The molecule has 0 aliphatic carbocycles. The van der Waals surface area contributed by atoms with Gasteiger partial charge >= 0.3 is 13.2 Å². The Hall–Kier alpha value is -2.33. The van der Waals surface area contributed by atoms with Crippen LogP contribution in [-0.4, -0.2) is 83.5 Å². The Balaban J connectivity index is 1.45. The fourth-order valence-corrected chi connectivity index (χ4v) is 3.29. The van der Waals surface area contributed by atoms with Gasteiger partial charge in [-0.2, -0.15) is 0 Å². The number of hydrogen-bond donors (Lipinski definition) is 0. The molecule has 0 spiro atoms. The molecule has 0 bridgehead atoms. The summed E-state index contributed by atoms with van der Waals surface area (Å²) in [5.41, 5.74) is -0.594. The molecule has 176 valence electrons. The van der Waals surface area contributed by atoms with Gasteiger partial charge in [-0.15, -0.1) is 0 Å². The van der Waals surface area contributed by atoms with E-state index in [9.17, 15) is 9.59 Å². The van der Waals surface area contributed by atoms with Crippen molar-refractivity contribution in [2.45, 2.75) is 65.3 Å². The van der Waals surface area contributed by atoms with Crippen LogP contribution < -0.4 is 10.2 Å².